The molecule has 0 amide bonds. The van der Waals surface area contributed by atoms with E-state index in [0.717, 1.165) is 29.7 Å². The standard InChI is InChI=1S/C21H20N2/c22-19-9-3-7-17-8-4-12-21(23,20(17)19)14-15-10-11-16-5-1-2-6-18(16)13-15/h1-11,13H,12,14,22-23H2. The van der Waals surface area contributed by atoms with Gasteiger partial charge in [0.05, 0.1) is 5.54 Å². The van der Waals surface area contributed by atoms with Crippen LogP contribution in [0.4, 0.5) is 5.69 Å². The molecule has 1 aliphatic carbocycles. The summed E-state index contributed by atoms with van der Waals surface area (Å²) in [4.78, 5) is 0. The quantitative estimate of drug-likeness (QED) is 0.696. The molecule has 23 heavy (non-hydrogen) atoms. The van der Waals surface area contributed by atoms with Crippen LogP contribution in [0.15, 0.2) is 66.7 Å². The molecule has 0 saturated carbocycles. The molecule has 114 valence electrons. The molecule has 1 aliphatic rings. The molecule has 3 aromatic rings. The number of hydrogen-bond donors (Lipinski definition) is 2. The van der Waals surface area contributed by atoms with Gasteiger partial charge in [0.15, 0.2) is 0 Å². The molecule has 2 heteroatoms. The summed E-state index contributed by atoms with van der Waals surface area (Å²) in [5.41, 5.74) is 16.9. The molecule has 0 bridgehead atoms. The lowest BCUT2D eigenvalue weighted by atomic mass is 9.76. The molecule has 0 heterocycles. The number of anilines is 1. The van der Waals surface area contributed by atoms with Gasteiger partial charge in [0.2, 0.25) is 0 Å². The minimum Gasteiger partial charge on any atom is -0.398 e. The van der Waals surface area contributed by atoms with E-state index in [1.807, 2.05) is 12.1 Å². The zero-order valence-electron chi connectivity index (χ0n) is 13.0. The topological polar surface area (TPSA) is 52.0 Å². The highest BCUT2D eigenvalue weighted by atomic mass is 14.8. The first kappa shape index (κ1) is 14.0. The van der Waals surface area contributed by atoms with E-state index in [-0.39, 0.29) is 0 Å². The maximum atomic E-state index is 6.82. The van der Waals surface area contributed by atoms with Gasteiger partial charge in [-0.25, -0.2) is 0 Å². The van der Waals surface area contributed by atoms with Crippen LogP contribution in [0, 0.1) is 0 Å². The van der Waals surface area contributed by atoms with Crippen LogP contribution in [-0.2, 0) is 12.0 Å². The summed E-state index contributed by atoms with van der Waals surface area (Å²) in [6.07, 6.45) is 5.87. The SMILES string of the molecule is Nc1cccc2c1C(N)(Cc1ccc3ccccc3c1)CC=C2. The van der Waals surface area contributed by atoms with Crippen LogP contribution in [-0.4, -0.2) is 0 Å². The van der Waals surface area contributed by atoms with Crippen LogP contribution in [0.3, 0.4) is 0 Å². The number of fused-ring (bicyclic) bond motifs is 2. The van der Waals surface area contributed by atoms with Crippen molar-refractivity contribution in [2.24, 2.45) is 5.73 Å². The molecule has 0 aliphatic heterocycles. The van der Waals surface area contributed by atoms with Crippen LogP contribution in [0.1, 0.15) is 23.1 Å². The van der Waals surface area contributed by atoms with Gasteiger partial charge in [0.1, 0.15) is 0 Å². The van der Waals surface area contributed by atoms with Crippen LogP contribution in [0.2, 0.25) is 0 Å². The second-order valence-electron chi connectivity index (χ2n) is 6.43. The molecule has 1 unspecified atom stereocenters. The average Bonchev–Trinajstić information content (AvgIpc) is 2.55. The number of benzene rings is 3. The maximum Gasteiger partial charge on any atom is 0.0511 e. The van der Waals surface area contributed by atoms with Crippen LogP contribution in [0.25, 0.3) is 16.8 Å². The van der Waals surface area contributed by atoms with Crippen molar-refractivity contribution < 1.29 is 0 Å². The molecule has 3 aromatic carbocycles. The van der Waals surface area contributed by atoms with E-state index in [1.54, 1.807) is 0 Å². The fourth-order valence-electron chi connectivity index (χ4n) is 3.67. The Balaban J connectivity index is 1.77. The largest absolute Gasteiger partial charge is 0.398 e. The smallest absolute Gasteiger partial charge is 0.0511 e. The highest BCUT2D eigenvalue weighted by molar-refractivity contribution is 5.83. The summed E-state index contributed by atoms with van der Waals surface area (Å²) >= 11 is 0. The van der Waals surface area contributed by atoms with Crippen molar-refractivity contribution in [3.8, 4) is 0 Å². The molecule has 4 rings (SSSR count). The fourth-order valence-corrected chi connectivity index (χ4v) is 3.67. The molecule has 0 spiro atoms. The third-order valence-corrected chi connectivity index (χ3v) is 4.74. The van der Waals surface area contributed by atoms with E-state index in [1.165, 1.54) is 16.3 Å². The van der Waals surface area contributed by atoms with Gasteiger partial charge in [-0.2, -0.15) is 0 Å². The van der Waals surface area contributed by atoms with Crippen molar-refractivity contribution in [1.82, 2.24) is 0 Å². The number of nitrogen functional groups attached to an aromatic ring is 1. The van der Waals surface area contributed by atoms with Crippen molar-refractivity contribution >= 4 is 22.5 Å². The van der Waals surface area contributed by atoms with Gasteiger partial charge in [0, 0.05) is 11.3 Å². The molecule has 0 radical (unpaired) electrons. The Morgan fingerprint density at radius 1 is 0.913 bits per heavy atom. The Morgan fingerprint density at radius 3 is 2.61 bits per heavy atom. The first-order valence-corrected chi connectivity index (χ1v) is 7.98. The van der Waals surface area contributed by atoms with Gasteiger partial charge in [-0.1, -0.05) is 66.7 Å². The second-order valence-corrected chi connectivity index (χ2v) is 6.43. The number of rotatable bonds is 2. The molecule has 4 N–H and O–H groups in total. The Labute approximate surface area is 136 Å². The van der Waals surface area contributed by atoms with Gasteiger partial charge < -0.3 is 11.5 Å². The molecular weight excluding hydrogens is 280 g/mol. The van der Waals surface area contributed by atoms with E-state index < -0.39 is 5.54 Å². The van der Waals surface area contributed by atoms with Crippen molar-refractivity contribution in [2.75, 3.05) is 5.73 Å². The fraction of sp³-hybridized carbons (Fsp3) is 0.143. The normalized spacial score (nSPS) is 19.7. The summed E-state index contributed by atoms with van der Waals surface area (Å²) in [5, 5.41) is 2.51. The van der Waals surface area contributed by atoms with Gasteiger partial charge in [-0.15, -0.1) is 0 Å². The number of hydrogen-bond acceptors (Lipinski definition) is 2. The van der Waals surface area contributed by atoms with Crippen LogP contribution < -0.4 is 11.5 Å². The van der Waals surface area contributed by atoms with Crippen LogP contribution >= 0.6 is 0 Å². The molecule has 0 fully saturated rings. The molecule has 0 aromatic heterocycles. The maximum absolute atomic E-state index is 6.82. The summed E-state index contributed by atoms with van der Waals surface area (Å²) in [6.45, 7) is 0. The Kier molecular flexibility index (Phi) is 3.21. The van der Waals surface area contributed by atoms with Crippen molar-refractivity contribution in [2.45, 2.75) is 18.4 Å². The Bertz CT molecular complexity index is 911. The summed E-state index contributed by atoms with van der Waals surface area (Å²) in [7, 11) is 0. The summed E-state index contributed by atoms with van der Waals surface area (Å²) in [6, 6.07) is 21.0. The van der Waals surface area contributed by atoms with Crippen molar-refractivity contribution in [1.29, 1.82) is 0 Å². The molecule has 0 saturated heterocycles. The predicted octanol–water partition coefficient (Wildman–Crippen LogP) is 4.24. The van der Waals surface area contributed by atoms with Gasteiger partial charge in [-0.05, 0) is 40.8 Å². The van der Waals surface area contributed by atoms with Gasteiger partial charge >= 0.3 is 0 Å². The second kappa shape index (κ2) is 5.25. The number of nitrogens with two attached hydrogens (primary N) is 2. The first-order chi connectivity index (χ1) is 11.2. The molecular formula is C21H20N2. The highest BCUT2D eigenvalue weighted by Gasteiger charge is 2.32. The van der Waals surface area contributed by atoms with Crippen LogP contribution in [0.5, 0.6) is 0 Å². The van der Waals surface area contributed by atoms with Crippen molar-refractivity contribution in [3.63, 3.8) is 0 Å². The van der Waals surface area contributed by atoms with Crippen molar-refractivity contribution in [3.05, 3.63) is 83.4 Å². The van der Waals surface area contributed by atoms with E-state index in [0.29, 0.717) is 0 Å². The zero-order chi connectivity index (χ0) is 15.9. The lowest BCUT2D eigenvalue weighted by Gasteiger charge is -2.34. The monoisotopic (exact) mass is 300 g/mol. The first-order valence-electron chi connectivity index (χ1n) is 7.98. The summed E-state index contributed by atoms with van der Waals surface area (Å²) in [5.74, 6) is 0. The Morgan fingerprint density at radius 2 is 1.74 bits per heavy atom. The minimum atomic E-state index is -0.447. The minimum absolute atomic E-state index is 0.447. The third-order valence-electron chi connectivity index (χ3n) is 4.74. The van der Waals surface area contributed by atoms with E-state index >= 15 is 0 Å². The average molecular weight is 300 g/mol. The van der Waals surface area contributed by atoms with Gasteiger partial charge in [-0.3, -0.25) is 0 Å². The zero-order valence-corrected chi connectivity index (χ0v) is 13.0. The summed E-state index contributed by atoms with van der Waals surface area (Å²) < 4.78 is 0. The highest BCUT2D eigenvalue weighted by Crippen LogP contribution is 2.38. The molecule has 1 atom stereocenters. The Hall–Kier alpha value is -2.58. The lowest BCUT2D eigenvalue weighted by Crippen LogP contribution is -2.41. The molecule has 2 nitrogen and oxygen atoms in total. The third kappa shape index (κ3) is 2.41. The predicted molar refractivity (Wildman–Crippen MR) is 98.0 cm³/mol. The van der Waals surface area contributed by atoms with E-state index in [9.17, 15) is 0 Å². The lowest BCUT2D eigenvalue weighted by molar-refractivity contribution is 0.444. The van der Waals surface area contributed by atoms with Gasteiger partial charge in [0.25, 0.3) is 0 Å². The van der Waals surface area contributed by atoms with E-state index in [2.05, 4.69) is 60.7 Å². The van der Waals surface area contributed by atoms with E-state index in [4.69, 9.17) is 11.5 Å².